The van der Waals surface area contributed by atoms with Gasteiger partial charge in [-0.15, -0.1) is 11.8 Å². The summed E-state index contributed by atoms with van der Waals surface area (Å²) in [6.45, 7) is 8.32. The van der Waals surface area contributed by atoms with E-state index in [1.54, 1.807) is 0 Å². The monoisotopic (exact) mass is 550 g/mol. The number of nitrogens with zero attached hydrogens (tertiary/aromatic N) is 1. The van der Waals surface area contributed by atoms with E-state index < -0.39 is 29.2 Å². The van der Waals surface area contributed by atoms with Crippen LogP contribution in [0.1, 0.15) is 69.7 Å². The zero-order valence-corrected chi connectivity index (χ0v) is 22.8. The zero-order valence-electron chi connectivity index (χ0n) is 22.0. The van der Waals surface area contributed by atoms with Gasteiger partial charge >= 0.3 is 0 Å². The molecule has 1 aliphatic carbocycles. The second-order valence-electron chi connectivity index (χ2n) is 11.1. The van der Waals surface area contributed by atoms with Crippen molar-refractivity contribution >= 4 is 29.3 Å². The van der Waals surface area contributed by atoms with E-state index in [9.17, 15) is 27.2 Å². The van der Waals surface area contributed by atoms with Crippen LogP contribution in [0.3, 0.4) is 0 Å². The molecule has 38 heavy (non-hydrogen) atoms. The molecule has 0 unspecified atom stereocenters. The first-order chi connectivity index (χ1) is 18.0. The van der Waals surface area contributed by atoms with Gasteiger partial charge in [-0.2, -0.15) is 0 Å². The molecule has 4 rings (SSSR count). The van der Waals surface area contributed by atoms with Crippen LogP contribution >= 0.6 is 11.8 Å². The fourth-order valence-corrected chi connectivity index (χ4v) is 6.96. The molecule has 0 radical (unpaired) electrons. The number of likely N-dealkylation sites (tertiary alicyclic amines) is 1. The van der Waals surface area contributed by atoms with Crippen molar-refractivity contribution in [2.75, 3.05) is 18.4 Å². The highest BCUT2D eigenvalue weighted by Crippen LogP contribution is 2.43. The highest BCUT2D eigenvalue weighted by molar-refractivity contribution is 8.00. The first-order valence-corrected chi connectivity index (χ1v) is 14.1. The second-order valence-corrected chi connectivity index (χ2v) is 12.4. The molecule has 0 spiro atoms. The van der Waals surface area contributed by atoms with Gasteiger partial charge in [-0.25, -0.2) is 17.6 Å². The van der Waals surface area contributed by atoms with Crippen molar-refractivity contribution in [3.8, 4) is 0 Å². The van der Waals surface area contributed by atoms with Crippen LogP contribution in [-0.2, 0) is 4.79 Å². The van der Waals surface area contributed by atoms with Gasteiger partial charge in [0.25, 0.3) is 5.91 Å². The lowest BCUT2D eigenvalue weighted by molar-refractivity contribution is -0.150. The number of halogens is 4. The highest BCUT2D eigenvalue weighted by atomic mass is 32.2. The van der Waals surface area contributed by atoms with Crippen molar-refractivity contribution in [2.45, 2.75) is 69.4 Å². The van der Waals surface area contributed by atoms with Crippen molar-refractivity contribution in [3.05, 3.63) is 59.2 Å². The molecular weight excluding hydrogens is 516 g/mol. The lowest BCUT2D eigenvalue weighted by atomic mass is 9.71. The van der Waals surface area contributed by atoms with Crippen molar-refractivity contribution in [1.82, 2.24) is 4.90 Å². The number of benzene rings is 2. The first kappa shape index (κ1) is 28.5. The summed E-state index contributed by atoms with van der Waals surface area (Å²) in [5.41, 5.74) is 0.127. The molecule has 2 aliphatic rings. The van der Waals surface area contributed by atoms with E-state index in [0.29, 0.717) is 22.9 Å². The van der Waals surface area contributed by atoms with Crippen LogP contribution in [-0.4, -0.2) is 35.1 Å². The molecule has 206 valence electrons. The van der Waals surface area contributed by atoms with Gasteiger partial charge in [0.1, 0.15) is 5.82 Å². The highest BCUT2D eigenvalue weighted by Gasteiger charge is 2.45. The average molecular weight is 551 g/mol. The molecule has 2 amide bonds. The van der Waals surface area contributed by atoms with Crippen LogP contribution in [0.4, 0.5) is 23.2 Å². The Labute approximate surface area is 225 Å². The normalized spacial score (nSPS) is 20.8. The Morgan fingerprint density at radius 1 is 1.00 bits per heavy atom. The first-order valence-electron chi connectivity index (χ1n) is 13.2. The quantitative estimate of drug-likeness (QED) is 0.275. The topological polar surface area (TPSA) is 49.4 Å². The van der Waals surface area contributed by atoms with Gasteiger partial charge in [-0.1, -0.05) is 20.8 Å². The van der Waals surface area contributed by atoms with Gasteiger partial charge in [0.2, 0.25) is 5.91 Å². The Morgan fingerprint density at radius 3 is 2.21 bits per heavy atom. The molecule has 0 bridgehead atoms. The third kappa shape index (κ3) is 6.35. The Kier molecular flexibility index (Phi) is 8.75. The fraction of sp³-hybridized carbons (Fsp3) is 0.517. The average Bonchev–Trinajstić information content (AvgIpc) is 2.85. The zero-order chi connectivity index (χ0) is 27.6. The van der Waals surface area contributed by atoms with E-state index in [1.807, 2.05) is 4.90 Å². The maximum Gasteiger partial charge on any atom is 0.255 e. The molecule has 1 saturated carbocycles. The summed E-state index contributed by atoms with van der Waals surface area (Å²) < 4.78 is 54.7. The summed E-state index contributed by atoms with van der Waals surface area (Å²) >= 11 is 1.34. The van der Waals surface area contributed by atoms with E-state index in [2.05, 4.69) is 26.1 Å². The lowest BCUT2D eigenvalue weighted by Crippen LogP contribution is -2.60. The van der Waals surface area contributed by atoms with Gasteiger partial charge in [0.05, 0.1) is 0 Å². The van der Waals surface area contributed by atoms with E-state index in [1.165, 1.54) is 30.0 Å². The minimum Gasteiger partial charge on any atom is -0.341 e. The van der Waals surface area contributed by atoms with Crippen LogP contribution < -0.4 is 5.32 Å². The number of hydrogen-bond acceptors (Lipinski definition) is 3. The third-order valence-corrected chi connectivity index (χ3v) is 9.08. The van der Waals surface area contributed by atoms with Crippen molar-refractivity contribution in [1.29, 1.82) is 0 Å². The molecule has 1 N–H and O–H groups in total. The number of thioether (sulfide) groups is 1. The van der Waals surface area contributed by atoms with Crippen molar-refractivity contribution < 1.29 is 27.2 Å². The molecule has 1 aliphatic heterocycles. The molecule has 9 heteroatoms. The molecule has 2 aromatic rings. The van der Waals surface area contributed by atoms with Crippen LogP contribution in [0.5, 0.6) is 0 Å². The smallest absolute Gasteiger partial charge is 0.255 e. The van der Waals surface area contributed by atoms with Gasteiger partial charge in [-0.05, 0) is 62.6 Å². The van der Waals surface area contributed by atoms with E-state index in [0.717, 1.165) is 51.6 Å². The SMILES string of the molecule is CCC1(CC(C)C)CN(C(=O)C2CCC(Sc3cc(C(=O)Nc4cc(F)c(F)c(F)c4)ccc3F)CC2)C1. The third-order valence-electron chi connectivity index (χ3n) is 7.71. The van der Waals surface area contributed by atoms with Gasteiger partial charge in [-0.3, -0.25) is 9.59 Å². The fourth-order valence-electron chi connectivity index (χ4n) is 5.71. The summed E-state index contributed by atoms with van der Waals surface area (Å²) in [5, 5.41) is 2.43. The number of carbonyl (C=O) groups excluding carboxylic acids is 2. The van der Waals surface area contributed by atoms with E-state index in [4.69, 9.17) is 0 Å². The molecule has 0 aromatic heterocycles. The van der Waals surface area contributed by atoms with E-state index in [-0.39, 0.29) is 33.7 Å². The Morgan fingerprint density at radius 2 is 1.63 bits per heavy atom. The Balaban J connectivity index is 1.32. The predicted molar refractivity (Wildman–Crippen MR) is 141 cm³/mol. The molecular formula is C29H34F4N2O2S. The molecule has 0 atom stereocenters. The summed E-state index contributed by atoms with van der Waals surface area (Å²) in [7, 11) is 0. The van der Waals surface area contributed by atoms with E-state index >= 15 is 0 Å². The molecule has 4 nitrogen and oxygen atoms in total. The standard InChI is InChI=1S/C29H34F4N2O2S/c1-4-29(14-17(2)3)15-35(16-29)28(37)18-5-8-21(9-6-18)38-25-11-19(7-10-22(25)30)27(36)34-20-12-23(31)26(33)24(32)13-20/h7,10-13,17-18,21H,4-6,8-9,14-16H2,1-3H3,(H,34,36). The molecule has 2 aromatic carbocycles. The molecule has 1 heterocycles. The Hall–Kier alpha value is -2.55. The number of hydrogen-bond donors (Lipinski definition) is 1. The summed E-state index contributed by atoms with van der Waals surface area (Å²) in [5.74, 6) is -4.77. The minimum atomic E-state index is -1.62. The second kappa shape index (κ2) is 11.7. The summed E-state index contributed by atoms with van der Waals surface area (Å²) in [6, 6.07) is 5.23. The largest absolute Gasteiger partial charge is 0.341 e. The number of carbonyl (C=O) groups is 2. The minimum absolute atomic E-state index is 0.000727. The number of anilines is 1. The van der Waals surface area contributed by atoms with Crippen molar-refractivity contribution in [2.24, 2.45) is 17.3 Å². The predicted octanol–water partition coefficient (Wildman–Crippen LogP) is 7.43. The maximum absolute atomic E-state index is 14.6. The Bertz CT molecular complexity index is 1170. The lowest BCUT2D eigenvalue weighted by Gasteiger charge is -2.52. The summed E-state index contributed by atoms with van der Waals surface area (Å²) in [4.78, 5) is 28.0. The van der Waals surface area contributed by atoms with Gasteiger partial charge in [0, 0.05) is 58.0 Å². The maximum atomic E-state index is 14.6. The summed E-state index contributed by atoms with van der Waals surface area (Å²) in [6.07, 6.45) is 5.25. The van der Waals surface area contributed by atoms with Crippen molar-refractivity contribution in [3.63, 3.8) is 0 Å². The van der Waals surface area contributed by atoms with Gasteiger partial charge < -0.3 is 10.2 Å². The van der Waals surface area contributed by atoms with Crippen LogP contribution in [0.25, 0.3) is 0 Å². The van der Waals surface area contributed by atoms with Crippen LogP contribution in [0.15, 0.2) is 35.2 Å². The van der Waals surface area contributed by atoms with Crippen LogP contribution in [0.2, 0.25) is 0 Å². The van der Waals surface area contributed by atoms with Crippen LogP contribution in [0, 0.1) is 40.5 Å². The molecule has 1 saturated heterocycles. The van der Waals surface area contributed by atoms with Gasteiger partial charge in [0.15, 0.2) is 17.5 Å². The number of nitrogens with one attached hydrogen (secondary N) is 1. The number of amides is 2. The molecule has 2 fully saturated rings. The number of rotatable bonds is 8.